The number of nitrogens with zero attached hydrogens (tertiary/aromatic N) is 1. The van der Waals surface area contributed by atoms with Gasteiger partial charge in [-0.15, -0.1) is 11.8 Å². The van der Waals surface area contributed by atoms with Crippen molar-refractivity contribution in [1.29, 1.82) is 0 Å². The molecule has 0 fully saturated rings. The van der Waals surface area contributed by atoms with Crippen molar-refractivity contribution in [2.75, 3.05) is 6.54 Å². The third-order valence-corrected chi connectivity index (χ3v) is 8.85. The highest BCUT2D eigenvalue weighted by Crippen LogP contribution is 2.46. The second-order valence-corrected chi connectivity index (χ2v) is 11.2. The number of phenolic OH excluding ortho intramolecular Hbond substituents is 1. The van der Waals surface area contributed by atoms with Crippen molar-refractivity contribution < 1.29 is 9.68 Å². The summed E-state index contributed by atoms with van der Waals surface area (Å²) in [5.74, 6) is 0.342. The summed E-state index contributed by atoms with van der Waals surface area (Å²) in [6.07, 6.45) is 11.6. The molecule has 0 spiro atoms. The van der Waals surface area contributed by atoms with Gasteiger partial charge in [0.25, 0.3) is 0 Å². The Bertz CT molecular complexity index is 1450. The van der Waals surface area contributed by atoms with Crippen LogP contribution in [0, 0.1) is 0 Å². The average molecular weight is 465 g/mol. The fourth-order valence-electron chi connectivity index (χ4n) is 5.86. The molecule has 34 heavy (non-hydrogen) atoms. The molecule has 1 atom stereocenters. The van der Waals surface area contributed by atoms with E-state index in [-0.39, 0.29) is 5.41 Å². The summed E-state index contributed by atoms with van der Waals surface area (Å²) in [5, 5.41) is 12.9. The van der Waals surface area contributed by atoms with Gasteiger partial charge in [-0.3, -0.25) is 0 Å². The van der Waals surface area contributed by atoms with Crippen LogP contribution < -0.4 is 0 Å². The van der Waals surface area contributed by atoms with Gasteiger partial charge in [-0.1, -0.05) is 59.7 Å². The molecule has 3 heteroatoms. The van der Waals surface area contributed by atoms with E-state index in [1.165, 1.54) is 49.3 Å². The molecule has 1 aliphatic carbocycles. The Hall–Kier alpha value is -3.04. The Morgan fingerprint density at radius 3 is 2.76 bits per heavy atom. The molecular weight excluding hydrogens is 434 g/mol. The topological polar surface area (TPSA) is 23.2 Å². The molecule has 0 saturated heterocycles. The third-order valence-electron chi connectivity index (χ3n) is 7.55. The highest BCUT2D eigenvalue weighted by atomic mass is 32.2. The number of phenols is 1. The number of thioether (sulfide) groups is 1. The van der Waals surface area contributed by atoms with Gasteiger partial charge in [0.15, 0.2) is 5.71 Å². The van der Waals surface area contributed by atoms with Crippen molar-refractivity contribution in [3.63, 3.8) is 0 Å². The number of benzene rings is 3. The van der Waals surface area contributed by atoms with Gasteiger partial charge >= 0.3 is 0 Å². The highest BCUT2D eigenvalue weighted by molar-refractivity contribution is 8.00. The quantitative estimate of drug-likeness (QED) is 0.400. The molecule has 0 saturated carbocycles. The number of allylic oxidation sites excluding steroid dienone is 3. The first-order valence-corrected chi connectivity index (χ1v) is 13.1. The maximum absolute atomic E-state index is 9.91. The lowest BCUT2D eigenvalue weighted by atomic mass is 9.79. The van der Waals surface area contributed by atoms with E-state index < -0.39 is 0 Å². The minimum atomic E-state index is -0.0565. The lowest BCUT2D eigenvalue weighted by Gasteiger charge is -2.28. The van der Waals surface area contributed by atoms with Gasteiger partial charge < -0.3 is 5.11 Å². The van der Waals surface area contributed by atoms with Crippen LogP contribution in [0.4, 0.5) is 5.69 Å². The molecule has 3 aromatic rings. The molecule has 3 aromatic carbocycles. The summed E-state index contributed by atoms with van der Waals surface area (Å²) in [4.78, 5) is 1.17. The van der Waals surface area contributed by atoms with Gasteiger partial charge in [-0.05, 0) is 68.1 Å². The van der Waals surface area contributed by atoms with E-state index in [0.717, 1.165) is 19.4 Å². The fourth-order valence-corrected chi connectivity index (χ4v) is 7.17. The SMILES string of the molecule is CC[N+]1=C(/C=C/C2=CC3Sc4cc(O)ccc4C=C3CC2)C(C)(C)c2c1ccc1ccccc21. The maximum atomic E-state index is 9.91. The Morgan fingerprint density at radius 1 is 1.06 bits per heavy atom. The molecule has 1 unspecified atom stereocenters. The van der Waals surface area contributed by atoms with E-state index in [1.807, 2.05) is 23.9 Å². The molecule has 1 N–H and O–H groups in total. The Balaban J connectivity index is 1.35. The minimum Gasteiger partial charge on any atom is -0.508 e. The van der Waals surface area contributed by atoms with Gasteiger partial charge in [0.05, 0.1) is 5.41 Å². The van der Waals surface area contributed by atoms with Crippen molar-refractivity contribution >= 4 is 40.0 Å². The average Bonchev–Trinajstić information content (AvgIpc) is 3.07. The predicted molar refractivity (Wildman–Crippen MR) is 145 cm³/mol. The van der Waals surface area contributed by atoms with Crippen LogP contribution in [0.15, 0.2) is 88.9 Å². The van der Waals surface area contributed by atoms with Crippen LogP contribution in [0.25, 0.3) is 16.8 Å². The van der Waals surface area contributed by atoms with Crippen LogP contribution >= 0.6 is 11.8 Å². The van der Waals surface area contributed by atoms with Crippen molar-refractivity contribution in [2.24, 2.45) is 0 Å². The number of hydrogen-bond donors (Lipinski definition) is 1. The predicted octanol–water partition coefficient (Wildman–Crippen LogP) is 7.78. The fraction of sp³-hybridized carbons (Fsp3) is 0.258. The molecule has 3 aliphatic rings. The molecule has 0 bridgehead atoms. The second-order valence-electron chi connectivity index (χ2n) is 9.99. The zero-order valence-corrected chi connectivity index (χ0v) is 20.8. The summed E-state index contributed by atoms with van der Waals surface area (Å²) >= 11 is 1.86. The van der Waals surface area contributed by atoms with Gasteiger partial charge in [0.2, 0.25) is 5.69 Å². The van der Waals surface area contributed by atoms with Crippen molar-refractivity contribution in [3.05, 3.63) is 95.1 Å². The van der Waals surface area contributed by atoms with E-state index in [1.54, 1.807) is 6.07 Å². The molecule has 0 amide bonds. The standard InChI is InChI=1S/C31H29NOS/c1-4-32-26-15-13-21-7-5-6-8-25(21)30(26)31(2,3)29(32)16-10-20-9-11-22-18-23-12-14-24(33)19-28(23)34-27(22)17-20/h5-8,10,12-19,27H,4,9,11H2,1-3H3/p+1/b16-10+. The summed E-state index contributed by atoms with van der Waals surface area (Å²) in [5.41, 5.74) is 8.21. The molecule has 0 aromatic heterocycles. The van der Waals surface area contributed by atoms with Crippen LogP contribution in [0.5, 0.6) is 5.75 Å². The molecule has 2 nitrogen and oxygen atoms in total. The molecule has 170 valence electrons. The van der Waals surface area contributed by atoms with Crippen LogP contribution in [-0.2, 0) is 5.41 Å². The van der Waals surface area contributed by atoms with Gasteiger partial charge in [0, 0.05) is 27.9 Å². The van der Waals surface area contributed by atoms with Gasteiger partial charge in [-0.25, -0.2) is 0 Å². The number of fused-ring (bicyclic) bond motifs is 5. The summed E-state index contributed by atoms with van der Waals surface area (Å²) in [7, 11) is 0. The third kappa shape index (κ3) is 3.37. The van der Waals surface area contributed by atoms with E-state index in [0.29, 0.717) is 11.0 Å². The zero-order chi connectivity index (χ0) is 23.4. The lowest BCUT2D eigenvalue weighted by molar-refractivity contribution is -0.433. The summed E-state index contributed by atoms with van der Waals surface area (Å²) in [6.45, 7) is 7.93. The van der Waals surface area contributed by atoms with Crippen molar-refractivity contribution in [3.8, 4) is 5.75 Å². The molecule has 2 aliphatic heterocycles. The minimum absolute atomic E-state index is 0.0565. The Kier molecular flexibility index (Phi) is 5.07. The first kappa shape index (κ1) is 21.5. The molecular formula is C31H30NOS+. The normalized spacial score (nSPS) is 20.7. The van der Waals surface area contributed by atoms with Crippen molar-refractivity contribution in [1.82, 2.24) is 0 Å². The van der Waals surface area contributed by atoms with Gasteiger partial charge in [-0.2, -0.15) is 4.58 Å². The van der Waals surface area contributed by atoms with E-state index >= 15 is 0 Å². The maximum Gasteiger partial charge on any atom is 0.210 e. The Morgan fingerprint density at radius 2 is 1.91 bits per heavy atom. The largest absolute Gasteiger partial charge is 0.508 e. The van der Waals surface area contributed by atoms with Crippen LogP contribution in [0.3, 0.4) is 0 Å². The van der Waals surface area contributed by atoms with E-state index in [2.05, 4.69) is 86.0 Å². The molecule has 2 heterocycles. The van der Waals surface area contributed by atoms with Crippen LogP contribution in [0.2, 0.25) is 0 Å². The Labute approximate surface area is 206 Å². The highest BCUT2D eigenvalue weighted by Gasteiger charge is 2.45. The molecule has 0 radical (unpaired) electrons. The lowest BCUT2D eigenvalue weighted by Crippen LogP contribution is -2.27. The number of hydrogen-bond acceptors (Lipinski definition) is 2. The van der Waals surface area contributed by atoms with Crippen LogP contribution in [0.1, 0.15) is 44.7 Å². The first-order valence-electron chi connectivity index (χ1n) is 12.2. The molecule has 6 rings (SSSR count). The smallest absolute Gasteiger partial charge is 0.210 e. The first-order chi connectivity index (χ1) is 16.5. The van der Waals surface area contributed by atoms with Gasteiger partial charge in [0.1, 0.15) is 12.3 Å². The summed E-state index contributed by atoms with van der Waals surface area (Å²) in [6, 6.07) is 19.0. The monoisotopic (exact) mass is 464 g/mol. The van der Waals surface area contributed by atoms with E-state index in [9.17, 15) is 5.11 Å². The summed E-state index contributed by atoms with van der Waals surface area (Å²) < 4.78 is 2.49. The second kappa shape index (κ2) is 8.02. The van der Waals surface area contributed by atoms with E-state index in [4.69, 9.17) is 0 Å². The number of rotatable bonds is 3. The van der Waals surface area contributed by atoms with Crippen molar-refractivity contribution in [2.45, 2.75) is 49.2 Å². The number of aromatic hydroxyl groups is 1. The zero-order valence-electron chi connectivity index (χ0n) is 20.0. The van der Waals surface area contributed by atoms with Crippen LogP contribution in [-0.4, -0.2) is 27.2 Å².